The summed E-state index contributed by atoms with van der Waals surface area (Å²) in [6, 6.07) is 0. The lowest BCUT2D eigenvalue weighted by Crippen LogP contribution is -2.50. The molecule has 3 nitrogen and oxygen atoms in total. The second-order valence-corrected chi connectivity index (χ2v) is 6.30. The largest absolute Gasteiger partial charge is 0.451 e. The summed E-state index contributed by atoms with van der Waals surface area (Å²) in [5.41, 5.74) is 1.61. The number of carbonyl (C=O) groups excluding carboxylic acids is 1. The number of esters is 1. The van der Waals surface area contributed by atoms with Gasteiger partial charge in [-0.1, -0.05) is 19.1 Å². The molecule has 1 aliphatic heterocycles. The number of hydrogen-bond acceptors (Lipinski definition) is 3. The molecule has 1 heterocycles. The van der Waals surface area contributed by atoms with Crippen molar-refractivity contribution < 1.29 is 14.6 Å². The zero-order valence-corrected chi connectivity index (χ0v) is 11.1. The van der Waals surface area contributed by atoms with Gasteiger partial charge in [0.25, 0.3) is 0 Å². The molecule has 3 atom stereocenters. The Morgan fingerprint density at radius 3 is 2.83 bits per heavy atom. The van der Waals surface area contributed by atoms with Crippen molar-refractivity contribution in [3.05, 3.63) is 23.3 Å². The van der Waals surface area contributed by atoms with E-state index < -0.39 is 17.7 Å². The molecule has 0 spiro atoms. The molecule has 3 heteroatoms. The molecule has 1 saturated carbocycles. The number of aliphatic hydroxyl groups is 1. The summed E-state index contributed by atoms with van der Waals surface area (Å²) in [6.45, 7) is 8.07. The van der Waals surface area contributed by atoms with Gasteiger partial charge in [0.1, 0.15) is 5.60 Å². The fourth-order valence-electron chi connectivity index (χ4n) is 3.98. The second kappa shape index (κ2) is 3.47. The van der Waals surface area contributed by atoms with Gasteiger partial charge in [0.15, 0.2) is 6.10 Å². The summed E-state index contributed by atoms with van der Waals surface area (Å²) in [5, 5.41) is 10.7. The van der Waals surface area contributed by atoms with E-state index in [0.29, 0.717) is 6.42 Å². The summed E-state index contributed by atoms with van der Waals surface area (Å²) in [7, 11) is 0. The molecule has 1 saturated heterocycles. The number of rotatable bonds is 0. The first-order chi connectivity index (χ1) is 8.38. The molecule has 0 bridgehead atoms. The van der Waals surface area contributed by atoms with Crippen LogP contribution in [0, 0.1) is 5.41 Å². The Balaban J connectivity index is 2.13. The number of allylic oxidation sites excluding steroid dienone is 1. The molecule has 2 aliphatic carbocycles. The Hall–Kier alpha value is -1.09. The van der Waals surface area contributed by atoms with Crippen molar-refractivity contribution in [1.29, 1.82) is 0 Å². The minimum atomic E-state index is -1.16. The summed E-state index contributed by atoms with van der Waals surface area (Å²) < 4.78 is 5.44. The molecule has 3 rings (SSSR count). The van der Waals surface area contributed by atoms with Gasteiger partial charge < -0.3 is 9.84 Å². The fraction of sp³-hybridized carbons (Fsp3) is 0.667. The predicted octanol–water partition coefficient (Wildman–Crippen LogP) is 2.50. The average molecular weight is 248 g/mol. The van der Waals surface area contributed by atoms with Crippen LogP contribution in [0.4, 0.5) is 0 Å². The second-order valence-electron chi connectivity index (χ2n) is 6.30. The third kappa shape index (κ3) is 1.31. The normalized spacial score (nSPS) is 43.6. The minimum Gasteiger partial charge on any atom is -0.451 e. The Bertz CT molecular complexity index is 476. The average Bonchev–Trinajstić information content (AvgIpc) is 2.53. The molecular weight excluding hydrogens is 228 g/mol. The Morgan fingerprint density at radius 2 is 2.11 bits per heavy atom. The fourth-order valence-corrected chi connectivity index (χ4v) is 3.98. The van der Waals surface area contributed by atoms with Gasteiger partial charge in [0.2, 0.25) is 0 Å². The topological polar surface area (TPSA) is 46.5 Å². The minimum absolute atomic E-state index is 0.0874. The SMILES string of the molecule is C=C1C(=O)OC2C3=C(C)CCCC3(C)CC[C@@]12O. The van der Waals surface area contributed by atoms with Crippen LogP contribution in [0.25, 0.3) is 0 Å². The summed E-state index contributed by atoms with van der Waals surface area (Å²) >= 11 is 0. The Labute approximate surface area is 108 Å². The molecule has 98 valence electrons. The molecule has 0 aromatic carbocycles. The maximum Gasteiger partial charge on any atom is 0.337 e. The standard InChI is InChI=1S/C15H20O3/c1-9-5-4-6-14(3)7-8-15(17)10(2)13(16)18-12(15)11(9)14/h12,17H,2,4-8H2,1,3H3/t12?,14?,15-/m1/s1. The monoisotopic (exact) mass is 248 g/mol. The van der Waals surface area contributed by atoms with Crippen molar-refractivity contribution in [2.45, 2.75) is 57.7 Å². The molecule has 0 aromatic rings. The maximum absolute atomic E-state index is 11.7. The smallest absolute Gasteiger partial charge is 0.337 e. The molecule has 2 fully saturated rings. The molecule has 18 heavy (non-hydrogen) atoms. The zero-order chi connectivity index (χ0) is 13.1. The van der Waals surface area contributed by atoms with Gasteiger partial charge in [-0.3, -0.25) is 0 Å². The molecule has 2 unspecified atom stereocenters. The lowest BCUT2D eigenvalue weighted by atomic mass is 9.59. The quantitative estimate of drug-likeness (QED) is 0.407. The van der Waals surface area contributed by atoms with E-state index in [1.807, 2.05) is 0 Å². The van der Waals surface area contributed by atoms with Gasteiger partial charge in [-0.2, -0.15) is 0 Å². The number of hydrogen-bond donors (Lipinski definition) is 1. The van der Waals surface area contributed by atoms with Gasteiger partial charge in [-0.05, 0) is 50.0 Å². The highest BCUT2D eigenvalue weighted by Crippen LogP contribution is 2.56. The van der Waals surface area contributed by atoms with Crippen LogP contribution in [0.2, 0.25) is 0 Å². The third-order valence-electron chi connectivity index (χ3n) is 5.14. The van der Waals surface area contributed by atoms with E-state index in [9.17, 15) is 9.90 Å². The summed E-state index contributed by atoms with van der Waals surface area (Å²) in [5.74, 6) is -0.433. The highest BCUT2D eigenvalue weighted by molar-refractivity contribution is 5.93. The molecule has 0 aromatic heterocycles. The Morgan fingerprint density at radius 1 is 1.39 bits per heavy atom. The van der Waals surface area contributed by atoms with E-state index in [4.69, 9.17) is 4.74 Å². The molecule has 3 aliphatic rings. The van der Waals surface area contributed by atoms with Gasteiger partial charge in [0, 0.05) is 0 Å². The molecule has 0 radical (unpaired) electrons. The van der Waals surface area contributed by atoms with Crippen molar-refractivity contribution >= 4 is 5.97 Å². The molecule has 1 N–H and O–H groups in total. The summed E-state index contributed by atoms with van der Waals surface area (Å²) in [4.78, 5) is 11.7. The maximum atomic E-state index is 11.7. The van der Waals surface area contributed by atoms with E-state index in [1.165, 1.54) is 12.0 Å². The van der Waals surface area contributed by atoms with Crippen molar-refractivity contribution in [2.24, 2.45) is 5.41 Å². The highest BCUT2D eigenvalue weighted by atomic mass is 16.6. The third-order valence-corrected chi connectivity index (χ3v) is 5.14. The van der Waals surface area contributed by atoms with Gasteiger partial charge in [-0.15, -0.1) is 0 Å². The lowest BCUT2D eigenvalue weighted by Gasteiger charge is -2.48. The van der Waals surface area contributed by atoms with Crippen molar-refractivity contribution in [3.8, 4) is 0 Å². The van der Waals surface area contributed by atoms with Gasteiger partial charge in [-0.25, -0.2) is 4.79 Å². The van der Waals surface area contributed by atoms with Crippen LogP contribution in [-0.2, 0) is 9.53 Å². The number of carbonyl (C=O) groups is 1. The molecule has 0 amide bonds. The highest BCUT2D eigenvalue weighted by Gasteiger charge is 2.59. The van der Waals surface area contributed by atoms with E-state index in [-0.39, 0.29) is 11.0 Å². The van der Waals surface area contributed by atoms with E-state index in [1.54, 1.807) is 0 Å². The Kier molecular flexibility index (Phi) is 2.31. The van der Waals surface area contributed by atoms with E-state index in [0.717, 1.165) is 24.8 Å². The van der Waals surface area contributed by atoms with Crippen LogP contribution < -0.4 is 0 Å². The van der Waals surface area contributed by atoms with Crippen LogP contribution in [0.5, 0.6) is 0 Å². The number of ether oxygens (including phenoxy) is 1. The van der Waals surface area contributed by atoms with Gasteiger partial charge >= 0.3 is 5.97 Å². The van der Waals surface area contributed by atoms with Crippen molar-refractivity contribution in [2.75, 3.05) is 0 Å². The van der Waals surface area contributed by atoms with E-state index in [2.05, 4.69) is 20.4 Å². The predicted molar refractivity (Wildman–Crippen MR) is 67.9 cm³/mol. The number of fused-ring (bicyclic) bond motifs is 3. The lowest BCUT2D eigenvalue weighted by molar-refractivity contribution is -0.141. The van der Waals surface area contributed by atoms with Gasteiger partial charge in [0.05, 0.1) is 5.57 Å². The first kappa shape index (κ1) is 12.0. The van der Waals surface area contributed by atoms with E-state index >= 15 is 0 Å². The van der Waals surface area contributed by atoms with Crippen molar-refractivity contribution in [3.63, 3.8) is 0 Å². The summed E-state index contributed by atoms with van der Waals surface area (Å²) in [6.07, 6.45) is 4.35. The first-order valence-electron chi connectivity index (χ1n) is 6.71. The van der Waals surface area contributed by atoms with Crippen LogP contribution in [0.3, 0.4) is 0 Å². The zero-order valence-electron chi connectivity index (χ0n) is 11.1. The molecular formula is C15H20O3. The van der Waals surface area contributed by atoms with Crippen LogP contribution in [0.15, 0.2) is 23.3 Å². The van der Waals surface area contributed by atoms with Crippen LogP contribution >= 0.6 is 0 Å². The first-order valence-corrected chi connectivity index (χ1v) is 6.71. The van der Waals surface area contributed by atoms with Crippen LogP contribution in [0.1, 0.15) is 46.0 Å². The van der Waals surface area contributed by atoms with Crippen LogP contribution in [-0.4, -0.2) is 22.8 Å². The van der Waals surface area contributed by atoms with Crippen molar-refractivity contribution in [1.82, 2.24) is 0 Å².